The van der Waals surface area contributed by atoms with Gasteiger partial charge in [0, 0.05) is 22.7 Å². The normalized spacial score (nSPS) is 28.0. The Kier molecular flexibility index (Phi) is 3.07. The maximum atomic E-state index is 11.4. The van der Waals surface area contributed by atoms with Crippen LogP contribution in [0.1, 0.15) is 37.7 Å². The van der Waals surface area contributed by atoms with Gasteiger partial charge in [0.2, 0.25) is 0 Å². The molecule has 0 bridgehead atoms. The van der Waals surface area contributed by atoms with Gasteiger partial charge in [-0.25, -0.2) is 0 Å². The molecule has 1 aromatic heterocycles. The van der Waals surface area contributed by atoms with E-state index in [1.807, 2.05) is 0 Å². The molecule has 0 aliphatic heterocycles. The van der Waals surface area contributed by atoms with Crippen molar-refractivity contribution in [2.75, 3.05) is 0 Å². The first kappa shape index (κ1) is 10.4. The summed E-state index contributed by atoms with van der Waals surface area (Å²) in [4.78, 5) is 11.4. The van der Waals surface area contributed by atoms with Gasteiger partial charge >= 0.3 is 0 Å². The van der Waals surface area contributed by atoms with Crippen LogP contribution in [0.15, 0.2) is 15.2 Å². The molecule has 0 aromatic carbocycles. The molecule has 1 nitrogen and oxygen atoms in total. The van der Waals surface area contributed by atoms with E-state index in [1.54, 1.807) is 11.3 Å². The number of halogens is 1. The van der Waals surface area contributed by atoms with Crippen LogP contribution in [0.3, 0.4) is 0 Å². The lowest BCUT2D eigenvalue weighted by Gasteiger charge is -2.27. The lowest BCUT2D eigenvalue weighted by Crippen LogP contribution is -2.21. The number of carbonyl (C=O) groups is 1. The number of thiophene rings is 1. The van der Waals surface area contributed by atoms with Gasteiger partial charge in [0.1, 0.15) is 5.78 Å². The smallest absolute Gasteiger partial charge is 0.133 e. The largest absolute Gasteiger partial charge is 0.300 e. The Morgan fingerprint density at radius 3 is 2.93 bits per heavy atom. The highest BCUT2D eigenvalue weighted by atomic mass is 79.9. The number of ketones is 1. The van der Waals surface area contributed by atoms with E-state index in [0.717, 1.165) is 19.3 Å². The molecule has 76 valence electrons. The summed E-state index contributed by atoms with van der Waals surface area (Å²) in [5.74, 6) is 1.50. The van der Waals surface area contributed by atoms with Crippen LogP contribution in [0, 0.1) is 5.92 Å². The minimum Gasteiger partial charge on any atom is -0.300 e. The monoisotopic (exact) mass is 272 g/mol. The SMILES string of the molecule is CC1CCC(=O)CC1c1cscc1Br. The van der Waals surface area contributed by atoms with Gasteiger partial charge in [-0.1, -0.05) is 6.92 Å². The van der Waals surface area contributed by atoms with Crippen LogP contribution in [0.5, 0.6) is 0 Å². The molecular weight excluding hydrogens is 260 g/mol. The number of Topliss-reactive ketones (excluding diaryl/α,β-unsaturated/α-hetero) is 1. The zero-order chi connectivity index (χ0) is 10.1. The molecule has 1 aromatic rings. The van der Waals surface area contributed by atoms with Gasteiger partial charge in [-0.05, 0) is 45.1 Å². The minimum atomic E-state index is 0.422. The third kappa shape index (κ3) is 1.94. The van der Waals surface area contributed by atoms with Crippen LogP contribution in [-0.2, 0) is 4.79 Å². The van der Waals surface area contributed by atoms with Gasteiger partial charge in [-0.2, -0.15) is 11.3 Å². The van der Waals surface area contributed by atoms with Gasteiger partial charge in [0.15, 0.2) is 0 Å². The van der Waals surface area contributed by atoms with Crippen molar-refractivity contribution in [2.45, 2.75) is 32.1 Å². The highest BCUT2D eigenvalue weighted by Gasteiger charge is 2.28. The zero-order valence-corrected chi connectivity index (χ0v) is 10.5. The molecule has 3 heteroatoms. The summed E-state index contributed by atoms with van der Waals surface area (Å²) in [7, 11) is 0. The van der Waals surface area contributed by atoms with E-state index in [-0.39, 0.29) is 0 Å². The molecule has 2 rings (SSSR count). The molecule has 2 atom stereocenters. The lowest BCUT2D eigenvalue weighted by molar-refractivity contribution is -0.121. The van der Waals surface area contributed by atoms with E-state index < -0.39 is 0 Å². The van der Waals surface area contributed by atoms with E-state index in [9.17, 15) is 4.79 Å². The van der Waals surface area contributed by atoms with Crippen molar-refractivity contribution >= 4 is 33.0 Å². The molecule has 0 N–H and O–H groups in total. The number of carbonyl (C=O) groups excluding carboxylic acids is 1. The fraction of sp³-hybridized carbons (Fsp3) is 0.545. The highest BCUT2D eigenvalue weighted by molar-refractivity contribution is 9.10. The van der Waals surface area contributed by atoms with E-state index in [1.165, 1.54) is 10.0 Å². The Hall–Kier alpha value is -0.150. The third-order valence-electron chi connectivity index (χ3n) is 3.05. The Balaban J connectivity index is 2.24. The Labute approximate surface area is 96.6 Å². The van der Waals surface area contributed by atoms with Gasteiger partial charge in [-0.3, -0.25) is 4.79 Å². The predicted octanol–water partition coefficient (Wildman–Crippen LogP) is 3.98. The maximum Gasteiger partial charge on any atom is 0.133 e. The highest BCUT2D eigenvalue weighted by Crippen LogP contribution is 2.40. The molecule has 0 amide bonds. The average molecular weight is 273 g/mol. The molecule has 0 saturated heterocycles. The molecule has 1 saturated carbocycles. The van der Waals surface area contributed by atoms with E-state index in [2.05, 4.69) is 33.6 Å². The maximum absolute atomic E-state index is 11.4. The van der Waals surface area contributed by atoms with Gasteiger partial charge in [0.05, 0.1) is 0 Å². The average Bonchev–Trinajstić information content (AvgIpc) is 2.56. The number of hydrogen-bond donors (Lipinski definition) is 0. The molecule has 0 spiro atoms. The molecule has 1 heterocycles. The van der Waals surface area contributed by atoms with Crippen LogP contribution < -0.4 is 0 Å². The van der Waals surface area contributed by atoms with Crippen molar-refractivity contribution in [3.8, 4) is 0 Å². The van der Waals surface area contributed by atoms with Crippen molar-refractivity contribution in [2.24, 2.45) is 5.92 Å². The fourth-order valence-electron chi connectivity index (χ4n) is 2.11. The number of rotatable bonds is 1. The second kappa shape index (κ2) is 4.15. The van der Waals surface area contributed by atoms with E-state index >= 15 is 0 Å². The van der Waals surface area contributed by atoms with Crippen molar-refractivity contribution < 1.29 is 4.79 Å². The van der Waals surface area contributed by atoms with E-state index in [4.69, 9.17) is 0 Å². The first-order valence-electron chi connectivity index (χ1n) is 4.91. The molecule has 14 heavy (non-hydrogen) atoms. The molecule has 1 aliphatic rings. The first-order valence-corrected chi connectivity index (χ1v) is 6.65. The van der Waals surface area contributed by atoms with Crippen LogP contribution in [0.4, 0.5) is 0 Å². The van der Waals surface area contributed by atoms with Crippen LogP contribution in [0.25, 0.3) is 0 Å². The molecule has 1 fully saturated rings. The topological polar surface area (TPSA) is 17.1 Å². The fourth-order valence-corrected chi connectivity index (χ4v) is 3.77. The second-order valence-corrected chi connectivity index (χ2v) is 5.64. The quantitative estimate of drug-likeness (QED) is 0.756. The minimum absolute atomic E-state index is 0.422. The summed E-state index contributed by atoms with van der Waals surface area (Å²) in [5, 5.41) is 4.27. The summed E-state index contributed by atoms with van der Waals surface area (Å²) in [6, 6.07) is 0. The standard InChI is InChI=1S/C11H13BrOS/c1-7-2-3-8(13)4-9(7)10-5-14-6-11(10)12/h5-7,9H,2-4H2,1H3. The summed E-state index contributed by atoms with van der Waals surface area (Å²) in [6.07, 6.45) is 2.56. The van der Waals surface area contributed by atoms with Gasteiger partial charge < -0.3 is 0 Å². The second-order valence-electron chi connectivity index (χ2n) is 4.04. The van der Waals surface area contributed by atoms with Crippen LogP contribution >= 0.6 is 27.3 Å². The summed E-state index contributed by atoms with van der Waals surface area (Å²) >= 11 is 5.25. The Morgan fingerprint density at radius 1 is 1.50 bits per heavy atom. The van der Waals surface area contributed by atoms with E-state index in [0.29, 0.717) is 17.6 Å². The van der Waals surface area contributed by atoms with Crippen molar-refractivity contribution in [1.82, 2.24) is 0 Å². The van der Waals surface area contributed by atoms with Gasteiger partial charge in [-0.15, -0.1) is 0 Å². The molecular formula is C11H13BrOS. The van der Waals surface area contributed by atoms with Crippen molar-refractivity contribution in [3.05, 3.63) is 20.8 Å². The first-order chi connectivity index (χ1) is 6.68. The molecule has 0 radical (unpaired) electrons. The van der Waals surface area contributed by atoms with Crippen molar-refractivity contribution in [1.29, 1.82) is 0 Å². The predicted molar refractivity (Wildman–Crippen MR) is 62.8 cm³/mol. The zero-order valence-electron chi connectivity index (χ0n) is 8.13. The van der Waals surface area contributed by atoms with Crippen molar-refractivity contribution in [3.63, 3.8) is 0 Å². The number of hydrogen-bond acceptors (Lipinski definition) is 2. The summed E-state index contributed by atoms with van der Waals surface area (Å²) in [6.45, 7) is 2.25. The van der Waals surface area contributed by atoms with Crippen LogP contribution in [-0.4, -0.2) is 5.78 Å². The molecule has 1 aliphatic carbocycles. The molecule has 2 unspecified atom stereocenters. The Bertz CT molecular complexity index is 345. The summed E-state index contributed by atoms with van der Waals surface area (Å²) < 4.78 is 1.18. The van der Waals surface area contributed by atoms with Crippen LogP contribution in [0.2, 0.25) is 0 Å². The summed E-state index contributed by atoms with van der Waals surface area (Å²) in [5.41, 5.74) is 1.33. The third-order valence-corrected chi connectivity index (χ3v) is 4.81. The van der Waals surface area contributed by atoms with Gasteiger partial charge in [0.25, 0.3) is 0 Å². The Morgan fingerprint density at radius 2 is 2.29 bits per heavy atom. The lowest BCUT2D eigenvalue weighted by atomic mass is 9.77.